The molecule has 2 aliphatic rings. The van der Waals surface area contributed by atoms with Gasteiger partial charge in [-0.25, -0.2) is 0 Å². The van der Waals surface area contributed by atoms with Crippen LogP contribution in [0.25, 0.3) is 0 Å². The van der Waals surface area contributed by atoms with Crippen molar-refractivity contribution >= 4 is 0 Å². The summed E-state index contributed by atoms with van der Waals surface area (Å²) >= 11 is 0. The van der Waals surface area contributed by atoms with Crippen LogP contribution in [0.3, 0.4) is 0 Å². The predicted octanol–water partition coefficient (Wildman–Crippen LogP) is 0.745. The minimum atomic E-state index is -0.240. The lowest BCUT2D eigenvalue weighted by molar-refractivity contribution is -0.00485. The molecule has 2 N–H and O–H groups in total. The van der Waals surface area contributed by atoms with Gasteiger partial charge in [0.2, 0.25) is 0 Å². The maximum atomic E-state index is 9.85. The summed E-state index contributed by atoms with van der Waals surface area (Å²) in [6.45, 7) is 5.08. The summed E-state index contributed by atoms with van der Waals surface area (Å²) in [6, 6.07) is 0.280. The number of aliphatic hydroxyl groups excluding tert-OH is 2. The van der Waals surface area contributed by atoms with E-state index in [1.54, 1.807) is 0 Å². The van der Waals surface area contributed by atoms with Crippen molar-refractivity contribution in [3.8, 4) is 0 Å². The van der Waals surface area contributed by atoms with Crippen molar-refractivity contribution in [2.24, 2.45) is 0 Å². The smallest absolute Gasteiger partial charge is 0.0730 e. The van der Waals surface area contributed by atoms with Crippen molar-refractivity contribution in [3.63, 3.8) is 0 Å². The molecular formula is C11H21NO2. The summed E-state index contributed by atoms with van der Waals surface area (Å²) in [5, 5.41) is 19.7. The molecule has 1 unspecified atom stereocenters. The molecule has 2 rings (SSSR count). The van der Waals surface area contributed by atoms with Crippen LogP contribution in [0.5, 0.6) is 0 Å². The van der Waals surface area contributed by atoms with Gasteiger partial charge in [0.05, 0.1) is 12.2 Å². The zero-order chi connectivity index (χ0) is 10.3. The fourth-order valence-corrected chi connectivity index (χ4v) is 2.97. The molecule has 0 radical (unpaired) electrons. The first-order valence-corrected chi connectivity index (χ1v) is 5.66. The highest BCUT2D eigenvalue weighted by molar-refractivity contribution is 5.01. The van der Waals surface area contributed by atoms with Crippen LogP contribution in [0, 0.1) is 0 Å². The topological polar surface area (TPSA) is 43.7 Å². The number of rotatable bonds is 1. The second-order valence-electron chi connectivity index (χ2n) is 5.22. The molecule has 3 heteroatoms. The summed E-state index contributed by atoms with van der Waals surface area (Å²) in [6.07, 6.45) is 3.55. The molecule has 1 saturated carbocycles. The van der Waals surface area contributed by atoms with E-state index < -0.39 is 0 Å². The Hall–Kier alpha value is -0.120. The van der Waals surface area contributed by atoms with Crippen molar-refractivity contribution in [1.29, 1.82) is 0 Å². The summed E-state index contributed by atoms with van der Waals surface area (Å²) in [5.41, 5.74) is -0.157. The zero-order valence-corrected chi connectivity index (χ0v) is 9.11. The van der Waals surface area contributed by atoms with Gasteiger partial charge in [0.15, 0.2) is 0 Å². The Labute approximate surface area is 85.7 Å². The monoisotopic (exact) mass is 199 g/mol. The van der Waals surface area contributed by atoms with Crippen molar-refractivity contribution in [2.75, 3.05) is 6.54 Å². The number of hydrogen-bond donors (Lipinski definition) is 2. The molecular weight excluding hydrogens is 178 g/mol. The van der Waals surface area contributed by atoms with Gasteiger partial charge in [-0.15, -0.1) is 0 Å². The highest BCUT2D eigenvalue weighted by Gasteiger charge is 2.46. The highest BCUT2D eigenvalue weighted by atomic mass is 16.3. The van der Waals surface area contributed by atoms with Crippen LogP contribution >= 0.6 is 0 Å². The molecule has 3 atom stereocenters. The molecule has 0 aromatic rings. The van der Waals surface area contributed by atoms with E-state index in [0.717, 1.165) is 32.2 Å². The first-order chi connectivity index (χ1) is 6.53. The maximum Gasteiger partial charge on any atom is 0.0730 e. The summed E-state index contributed by atoms with van der Waals surface area (Å²) < 4.78 is 0. The molecule has 3 nitrogen and oxygen atoms in total. The first-order valence-electron chi connectivity index (χ1n) is 5.66. The van der Waals surface area contributed by atoms with E-state index in [-0.39, 0.29) is 23.8 Å². The van der Waals surface area contributed by atoms with E-state index in [9.17, 15) is 10.2 Å². The fourth-order valence-electron chi connectivity index (χ4n) is 2.97. The standard InChI is InChI=1S/C11H21NO2/c1-11(2)10(14)6-7-12(11)8-4-3-5-9(8)13/h8-10,13-14H,3-7H2,1-2H3/t8-,9-,10?/m1/s1. The van der Waals surface area contributed by atoms with Gasteiger partial charge in [-0.1, -0.05) is 0 Å². The van der Waals surface area contributed by atoms with E-state index in [2.05, 4.69) is 18.7 Å². The van der Waals surface area contributed by atoms with Crippen LogP contribution in [0.15, 0.2) is 0 Å². The average molecular weight is 199 g/mol. The van der Waals surface area contributed by atoms with Gasteiger partial charge in [-0.2, -0.15) is 0 Å². The molecule has 1 aliphatic heterocycles. The second kappa shape index (κ2) is 3.47. The molecule has 82 valence electrons. The predicted molar refractivity (Wildman–Crippen MR) is 55.1 cm³/mol. The Balaban J connectivity index is 2.11. The molecule has 0 bridgehead atoms. The van der Waals surface area contributed by atoms with Gasteiger partial charge < -0.3 is 10.2 Å². The lowest BCUT2D eigenvalue weighted by atomic mass is 9.96. The van der Waals surface area contributed by atoms with Crippen LogP contribution in [0.1, 0.15) is 39.5 Å². The van der Waals surface area contributed by atoms with E-state index in [4.69, 9.17) is 0 Å². The normalized spacial score (nSPS) is 43.3. The molecule has 0 aromatic carbocycles. The summed E-state index contributed by atoms with van der Waals surface area (Å²) in [7, 11) is 0. The minimum Gasteiger partial charge on any atom is -0.391 e. The van der Waals surface area contributed by atoms with E-state index in [0.29, 0.717) is 0 Å². The Kier molecular flexibility index (Phi) is 2.58. The third-order valence-electron chi connectivity index (χ3n) is 4.04. The molecule has 0 spiro atoms. The van der Waals surface area contributed by atoms with Gasteiger partial charge in [0.1, 0.15) is 0 Å². The Bertz CT molecular complexity index is 217. The third-order valence-corrected chi connectivity index (χ3v) is 4.04. The second-order valence-corrected chi connectivity index (χ2v) is 5.22. The van der Waals surface area contributed by atoms with Crippen molar-refractivity contribution in [2.45, 2.75) is 63.3 Å². The number of aliphatic hydroxyl groups is 2. The number of likely N-dealkylation sites (tertiary alicyclic amines) is 1. The Morgan fingerprint density at radius 2 is 1.86 bits per heavy atom. The fraction of sp³-hybridized carbons (Fsp3) is 1.00. The molecule has 1 aliphatic carbocycles. The van der Waals surface area contributed by atoms with Gasteiger partial charge in [0.25, 0.3) is 0 Å². The summed E-state index contributed by atoms with van der Waals surface area (Å²) in [5.74, 6) is 0. The van der Waals surface area contributed by atoms with E-state index in [1.807, 2.05) is 0 Å². The number of nitrogens with zero attached hydrogens (tertiary/aromatic N) is 1. The lowest BCUT2D eigenvalue weighted by Gasteiger charge is -2.39. The maximum absolute atomic E-state index is 9.85. The van der Waals surface area contributed by atoms with Crippen LogP contribution in [0.4, 0.5) is 0 Å². The molecule has 1 saturated heterocycles. The largest absolute Gasteiger partial charge is 0.391 e. The first kappa shape index (κ1) is 10.4. The minimum absolute atomic E-state index is 0.157. The van der Waals surface area contributed by atoms with Gasteiger partial charge in [0, 0.05) is 18.1 Å². The summed E-state index contributed by atoms with van der Waals surface area (Å²) in [4.78, 5) is 2.30. The molecule has 14 heavy (non-hydrogen) atoms. The SMILES string of the molecule is CC1(C)C(O)CCN1[C@@H]1CCC[C@H]1O. The lowest BCUT2D eigenvalue weighted by Crippen LogP contribution is -2.52. The third kappa shape index (κ3) is 1.47. The van der Waals surface area contributed by atoms with Crippen LogP contribution in [-0.4, -0.2) is 45.4 Å². The zero-order valence-electron chi connectivity index (χ0n) is 9.11. The van der Waals surface area contributed by atoms with Crippen molar-refractivity contribution in [3.05, 3.63) is 0 Å². The molecule has 2 fully saturated rings. The van der Waals surface area contributed by atoms with Crippen LogP contribution in [0.2, 0.25) is 0 Å². The van der Waals surface area contributed by atoms with E-state index in [1.165, 1.54) is 0 Å². The van der Waals surface area contributed by atoms with Crippen molar-refractivity contribution in [1.82, 2.24) is 4.90 Å². The quantitative estimate of drug-likeness (QED) is 0.655. The average Bonchev–Trinajstić information content (AvgIpc) is 2.60. The van der Waals surface area contributed by atoms with Gasteiger partial charge in [-0.05, 0) is 39.5 Å². The Morgan fingerprint density at radius 1 is 1.14 bits per heavy atom. The highest BCUT2D eigenvalue weighted by Crippen LogP contribution is 2.36. The van der Waals surface area contributed by atoms with Crippen LogP contribution < -0.4 is 0 Å². The Morgan fingerprint density at radius 3 is 2.29 bits per heavy atom. The number of hydrogen-bond acceptors (Lipinski definition) is 3. The van der Waals surface area contributed by atoms with Crippen LogP contribution in [-0.2, 0) is 0 Å². The van der Waals surface area contributed by atoms with E-state index >= 15 is 0 Å². The van der Waals surface area contributed by atoms with Gasteiger partial charge in [-0.3, -0.25) is 4.90 Å². The van der Waals surface area contributed by atoms with Crippen molar-refractivity contribution < 1.29 is 10.2 Å². The molecule has 1 heterocycles. The molecule has 0 aromatic heterocycles. The molecule has 0 amide bonds. The van der Waals surface area contributed by atoms with Gasteiger partial charge >= 0.3 is 0 Å².